The Kier molecular flexibility index (Phi) is 5.65. The van der Waals surface area contributed by atoms with E-state index in [0.29, 0.717) is 18.9 Å². The van der Waals surface area contributed by atoms with Gasteiger partial charge in [-0.1, -0.05) is 6.07 Å². The Morgan fingerprint density at radius 2 is 2.05 bits per heavy atom. The predicted octanol–water partition coefficient (Wildman–Crippen LogP) is 4.25. The Morgan fingerprint density at radius 3 is 2.67 bits per heavy atom. The molecular weight excluding hydrogens is 276 g/mol. The van der Waals surface area contributed by atoms with Crippen molar-refractivity contribution < 1.29 is 18.3 Å². The molecule has 3 nitrogen and oxygen atoms in total. The average Bonchev–Trinajstić information content (AvgIpc) is 2.48. The molecule has 1 saturated carbocycles. The lowest BCUT2D eigenvalue weighted by Gasteiger charge is -2.27. The van der Waals surface area contributed by atoms with Gasteiger partial charge >= 0.3 is 5.97 Å². The molecule has 0 unspecified atom stereocenters. The lowest BCUT2D eigenvalue weighted by molar-refractivity contribution is -0.144. The van der Waals surface area contributed by atoms with Crippen molar-refractivity contribution in [2.45, 2.75) is 51.4 Å². The molecule has 1 heterocycles. The first-order valence-electron chi connectivity index (χ1n) is 7.50. The van der Waals surface area contributed by atoms with E-state index < -0.39 is 6.43 Å². The zero-order valence-corrected chi connectivity index (χ0v) is 12.2. The van der Waals surface area contributed by atoms with Gasteiger partial charge in [-0.25, -0.2) is 8.78 Å². The number of esters is 1. The summed E-state index contributed by atoms with van der Waals surface area (Å²) in [6.45, 7) is 2.22. The maximum Gasteiger partial charge on any atom is 0.306 e. The highest BCUT2D eigenvalue weighted by Crippen LogP contribution is 2.36. The Hall–Kier alpha value is -1.52. The minimum absolute atomic E-state index is 0.140. The standard InChI is InChI=1S/C16H21F2NO2/c1-2-21-15(20)10-11-6-8-12(9-7-11)13-4-3-5-14(19-13)16(17)18/h3-5,11-12,16H,2,6-10H2,1H3. The lowest BCUT2D eigenvalue weighted by atomic mass is 9.79. The van der Waals surface area contributed by atoms with E-state index in [1.807, 2.05) is 6.07 Å². The summed E-state index contributed by atoms with van der Waals surface area (Å²) in [5, 5.41) is 0. The molecule has 0 radical (unpaired) electrons. The number of carbonyl (C=O) groups excluding carboxylic acids is 1. The van der Waals surface area contributed by atoms with Crippen molar-refractivity contribution in [3.8, 4) is 0 Å². The average molecular weight is 297 g/mol. The molecule has 1 aliphatic carbocycles. The van der Waals surface area contributed by atoms with Gasteiger partial charge in [0, 0.05) is 18.0 Å². The smallest absolute Gasteiger partial charge is 0.306 e. The van der Waals surface area contributed by atoms with Crippen LogP contribution in [0, 0.1) is 5.92 Å². The summed E-state index contributed by atoms with van der Waals surface area (Å²) in [5.74, 6) is 0.430. The number of nitrogens with zero attached hydrogens (tertiary/aromatic N) is 1. The molecule has 0 spiro atoms. The third-order valence-electron chi connectivity index (χ3n) is 4.04. The van der Waals surface area contributed by atoms with Crippen molar-refractivity contribution in [2.75, 3.05) is 6.61 Å². The van der Waals surface area contributed by atoms with Crippen LogP contribution in [-0.2, 0) is 9.53 Å². The van der Waals surface area contributed by atoms with E-state index in [1.54, 1.807) is 13.0 Å². The molecule has 0 N–H and O–H groups in total. The van der Waals surface area contributed by atoms with Gasteiger partial charge in [0.2, 0.25) is 0 Å². The Morgan fingerprint density at radius 1 is 1.33 bits per heavy atom. The number of hydrogen-bond donors (Lipinski definition) is 0. The summed E-state index contributed by atoms with van der Waals surface area (Å²) >= 11 is 0. The van der Waals surface area contributed by atoms with Crippen molar-refractivity contribution >= 4 is 5.97 Å². The number of ether oxygens (including phenoxy) is 1. The fraction of sp³-hybridized carbons (Fsp3) is 0.625. The van der Waals surface area contributed by atoms with Gasteiger partial charge in [-0.05, 0) is 50.7 Å². The number of alkyl halides is 2. The summed E-state index contributed by atoms with van der Waals surface area (Å²) < 4.78 is 30.3. The zero-order chi connectivity index (χ0) is 15.2. The van der Waals surface area contributed by atoms with Crippen LogP contribution in [0.1, 0.15) is 62.8 Å². The molecule has 1 aliphatic rings. The molecule has 1 aromatic rings. The van der Waals surface area contributed by atoms with Crippen molar-refractivity contribution in [2.24, 2.45) is 5.92 Å². The number of hydrogen-bond acceptors (Lipinski definition) is 3. The molecule has 1 aromatic heterocycles. The minimum atomic E-state index is -2.52. The minimum Gasteiger partial charge on any atom is -0.466 e. The molecule has 2 rings (SSSR count). The topological polar surface area (TPSA) is 39.2 Å². The SMILES string of the molecule is CCOC(=O)CC1CCC(c2cccc(C(F)F)n2)CC1. The van der Waals surface area contributed by atoms with Crippen LogP contribution in [0.3, 0.4) is 0 Å². The van der Waals surface area contributed by atoms with Crippen LogP contribution in [-0.4, -0.2) is 17.6 Å². The van der Waals surface area contributed by atoms with Crippen LogP contribution in [0.25, 0.3) is 0 Å². The third kappa shape index (κ3) is 4.48. The summed E-state index contributed by atoms with van der Waals surface area (Å²) in [6.07, 6.45) is 1.57. The maximum absolute atomic E-state index is 12.7. The van der Waals surface area contributed by atoms with Crippen LogP contribution >= 0.6 is 0 Å². The largest absolute Gasteiger partial charge is 0.466 e. The lowest BCUT2D eigenvalue weighted by Crippen LogP contribution is -2.18. The van der Waals surface area contributed by atoms with Gasteiger partial charge in [-0.2, -0.15) is 0 Å². The summed E-state index contributed by atoms with van der Waals surface area (Å²) in [6, 6.07) is 4.83. The number of rotatable bonds is 5. The van der Waals surface area contributed by atoms with Gasteiger partial charge in [-0.3, -0.25) is 9.78 Å². The first-order valence-corrected chi connectivity index (χ1v) is 7.50. The number of carbonyl (C=O) groups is 1. The Labute approximate surface area is 123 Å². The van der Waals surface area contributed by atoms with Crippen LogP contribution in [0.4, 0.5) is 8.78 Å². The fourth-order valence-electron chi connectivity index (χ4n) is 2.94. The Balaban J connectivity index is 1.89. The molecule has 5 heteroatoms. The summed E-state index contributed by atoms with van der Waals surface area (Å²) in [7, 11) is 0. The molecule has 0 aliphatic heterocycles. The van der Waals surface area contributed by atoms with E-state index in [1.165, 1.54) is 6.07 Å². The van der Waals surface area contributed by atoms with E-state index in [2.05, 4.69) is 4.98 Å². The van der Waals surface area contributed by atoms with Gasteiger partial charge in [0.05, 0.1) is 6.61 Å². The Bertz CT molecular complexity index is 471. The normalized spacial score (nSPS) is 22.3. The highest BCUT2D eigenvalue weighted by molar-refractivity contribution is 5.69. The second-order valence-electron chi connectivity index (χ2n) is 5.51. The first-order chi connectivity index (χ1) is 10.1. The van der Waals surface area contributed by atoms with E-state index in [9.17, 15) is 13.6 Å². The van der Waals surface area contributed by atoms with Crippen molar-refractivity contribution in [1.82, 2.24) is 4.98 Å². The molecule has 0 aromatic carbocycles. The molecule has 21 heavy (non-hydrogen) atoms. The zero-order valence-electron chi connectivity index (χ0n) is 12.2. The van der Waals surface area contributed by atoms with Crippen LogP contribution < -0.4 is 0 Å². The fourth-order valence-corrected chi connectivity index (χ4v) is 2.94. The number of pyridine rings is 1. The van der Waals surface area contributed by atoms with Crippen LogP contribution in [0.2, 0.25) is 0 Å². The van der Waals surface area contributed by atoms with Crippen molar-refractivity contribution in [1.29, 1.82) is 0 Å². The second-order valence-corrected chi connectivity index (χ2v) is 5.51. The van der Waals surface area contributed by atoms with Crippen molar-refractivity contribution in [3.63, 3.8) is 0 Å². The van der Waals surface area contributed by atoms with E-state index >= 15 is 0 Å². The molecular formula is C16H21F2NO2. The van der Waals surface area contributed by atoms with Crippen LogP contribution in [0.15, 0.2) is 18.2 Å². The molecule has 0 saturated heterocycles. The number of aromatic nitrogens is 1. The van der Waals surface area contributed by atoms with Gasteiger partial charge in [0.1, 0.15) is 5.69 Å². The molecule has 0 amide bonds. The molecule has 1 fully saturated rings. The molecule has 116 valence electrons. The van der Waals surface area contributed by atoms with Gasteiger partial charge < -0.3 is 4.74 Å². The van der Waals surface area contributed by atoms with E-state index in [-0.39, 0.29) is 17.6 Å². The quantitative estimate of drug-likeness (QED) is 0.763. The molecule has 0 atom stereocenters. The summed E-state index contributed by atoms with van der Waals surface area (Å²) in [4.78, 5) is 15.5. The second kappa shape index (κ2) is 7.48. The van der Waals surface area contributed by atoms with E-state index in [0.717, 1.165) is 31.4 Å². The maximum atomic E-state index is 12.7. The third-order valence-corrected chi connectivity index (χ3v) is 4.04. The highest BCUT2D eigenvalue weighted by atomic mass is 19.3. The van der Waals surface area contributed by atoms with Gasteiger partial charge in [-0.15, -0.1) is 0 Å². The number of halogens is 2. The van der Waals surface area contributed by atoms with Crippen molar-refractivity contribution in [3.05, 3.63) is 29.6 Å². The highest BCUT2D eigenvalue weighted by Gasteiger charge is 2.25. The first kappa shape index (κ1) is 15.9. The summed E-state index contributed by atoms with van der Waals surface area (Å²) in [5.41, 5.74) is 0.600. The predicted molar refractivity (Wildman–Crippen MR) is 75.1 cm³/mol. The molecule has 0 bridgehead atoms. The monoisotopic (exact) mass is 297 g/mol. The van der Waals surface area contributed by atoms with Gasteiger partial charge in [0.25, 0.3) is 6.43 Å². The van der Waals surface area contributed by atoms with Crippen LogP contribution in [0.5, 0.6) is 0 Å². The van der Waals surface area contributed by atoms with Gasteiger partial charge in [0.15, 0.2) is 0 Å². The van der Waals surface area contributed by atoms with E-state index in [4.69, 9.17) is 4.74 Å².